The number of amides is 3. The molecule has 2 rings (SSSR count). The van der Waals surface area contributed by atoms with Crippen molar-refractivity contribution < 1.29 is 19.1 Å². The van der Waals surface area contributed by atoms with E-state index in [9.17, 15) is 14.4 Å². The molecule has 2 aliphatic rings. The SMILES string of the molecule is C=CC1=C(CCC)C(=O)N(CCN2CCOCC2=O)C1=O. The lowest BCUT2D eigenvalue weighted by Gasteiger charge is -2.28. The molecule has 0 atom stereocenters. The molecular formula is C15H20N2O4. The molecule has 1 saturated heterocycles. The Morgan fingerprint density at radius 3 is 2.62 bits per heavy atom. The molecule has 114 valence electrons. The van der Waals surface area contributed by atoms with Gasteiger partial charge in [0, 0.05) is 30.8 Å². The number of hydrogen-bond acceptors (Lipinski definition) is 4. The molecule has 6 heteroatoms. The number of ether oxygens (including phenoxy) is 1. The van der Waals surface area contributed by atoms with Gasteiger partial charge in [0.25, 0.3) is 11.8 Å². The summed E-state index contributed by atoms with van der Waals surface area (Å²) >= 11 is 0. The highest BCUT2D eigenvalue weighted by atomic mass is 16.5. The Kier molecular flexibility index (Phi) is 4.90. The van der Waals surface area contributed by atoms with E-state index in [-0.39, 0.29) is 30.9 Å². The third kappa shape index (κ3) is 3.05. The van der Waals surface area contributed by atoms with Crippen molar-refractivity contribution in [3.8, 4) is 0 Å². The van der Waals surface area contributed by atoms with Crippen molar-refractivity contribution >= 4 is 17.7 Å². The van der Waals surface area contributed by atoms with Crippen molar-refractivity contribution in [3.63, 3.8) is 0 Å². The zero-order valence-corrected chi connectivity index (χ0v) is 12.3. The molecule has 2 aliphatic heterocycles. The van der Waals surface area contributed by atoms with Crippen molar-refractivity contribution in [1.29, 1.82) is 0 Å². The molecule has 0 unspecified atom stereocenters. The van der Waals surface area contributed by atoms with E-state index in [0.717, 1.165) is 6.42 Å². The molecular weight excluding hydrogens is 272 g/mol. The fourth-order valence-electron chi connectivity index (χ4n) is 2.56. The van der Waals surface area contributed by atoms with Gasteiger partial charge in [0.1, 0.15) is 6.61 Å². The van der Waals surface area contributed by atoms with Crippen LogP contribution in [0.25, 0.3) is 0 Å². The molecule has 1 fully saturated rings. The predicted octanol–water partition coefficient (Wildman–Crippen LogP) is 0.497. The van der Waals surface area contributed by atoms with Gasteiger partial charge >= 0.3 is 0 Å². The van der Waals surface area contributed by atoms with Gasteiger partial charge in [0.2, 0.25) is 5.91 Å². The van der Waals surface area contributed by atoms with Crippen LogP contribution in [0, 0.1) is 0 Å². The molecule has 0 radical (unpaired) electrons. The normalized spacial score (nSPS) is 19.8. The summed E-state index contributed by atoms with van der Waals surface area (Å²) in [6.45, 7) is 7.20. The first-order valence-electron chi connectivity index (χ1n) is 7.17. The molecule has 21 heavy (non-hydrogen) atoms. The summed E-state index contributed by atoms with van der Waals surface area (Å²) in [7, 11) is 0. The van der Waals surface area contributed by atoms with Crippen LogP contribution in [0.4, 0.5) is 0 Å². The number of imide groups is 1. The maximum absolute atomic E-state index is 12.3. The predicted molar refractivity (Wildman–Crippen MR) is 76.3 cm³/mol. The fourth-order valence-corrected chi connectivity index (χ4v) is 2.56. The topological polar surface area (TPSA) is 66.9 Å². The largest absolute Gasteiger partial charge is 0.370 e. The standard InChI is InChI=1S/C15H20N2O4/c1-3-5-12-11(4-2)14(19)17(15(12)20)7-6-16-8-9-21-10-13(16)18/h4H,2-3,5-10H2,1H3. The van der Waals surface area contributed by atoms with Gasteiger partial charge in [-0.2, -0.15) is 0 Å². The molecule has 0 saturated carbocycles. The zero-order chi connectivity index (χ0) is 15.4. The van der Waals surface area contributed by atoms with E-state index in [1.807, 2.05) is 6.92 Å². The minimum atomic E-state index is -0.306. The van der Waals surface area contributed by atoms with Gasteiger partial charge in [0.15, 0.2) is 0 Å². The molecule has 0 aromatic heterocycles. The highest BCUT2D eigenvalue weighted by Crippen LogP contribution is 2.25. The maximum atomic E-state index is 12.3. The van der Waals surface area contributed by atoms with Crippen LogP contribution in [-0.4, -0.2) is 60.4 Å². The molecule has 0 aliphatic carbocycles. The third-order valence-corrected chi connectivity index (χ3v) is 3.69. The van der Waals surface area contributed by atoms with Crippen LogP contribution in [0.5, 0.6) is 0 Å². The Bertz CT molecular complexity index is 510. The first-order valence-corrected chi connectivity index (χ1v) is 7.17. The Morgan fingerprint density at radius 2 is 2.00 bits per heavy atom. The monoisotopic (exact) mass is 292 g/mol. The second-order valence-corrected chi connectivity index (χ2v) is 5.04. The summed E-state index contributed by atoms with van der Waals surface area (Å²) in [5, 5.41) is 0. The van der Waals surface area contributed by atoms with E-state index in [1.54, 1.807) is 4.90 Å². The van der Waals surface area contributed by atoms with Gasteiger partial charge in [-0.05, 0) is 6.42 Å². The van der Waals surface area contributed by atoms with Crippen molar-refractivity contribution in [3.05, 3.63) is 23.8 Å². The van der Waals surface area contributed by atoms with Crippen molar-refractivity contribution in [2.75, 3.05) is 32.8 Å². The highest BCUT2D eigenvalue weighted by molar-refractivity contribution is 6.20. The summed E-state index contributed by atoms with van der Waals surface area (Å²) in [4.78, 5) is 39.0. The average Bonchev–Trinajstić information content (AvgIpc) is 2.70. The van der Waals surface area contributed by atoms with Gasteiger partial charge in [-0.25, -0.2) is 0 Å². The lowest BCUT2D eigenvalue weighted by atomic mass is 10.1. The van der Waals surface area contributed by atoms with Crippen LogP contribution in [0.3, 0.4) is 0 Å². The number of carbonyl (C=O) groups is 3. The molecule has 3 amide bonds. The van der Waals surface area contributed by atoms with Gasteiger partial charge in [0.05, 0.1) is 6.61 Å². The van der Waals surface area contributed by atoms with Crippen LogP contribution in [0.2, 0.25) is 0 Å². The number of nitrogens with zero attached hydrogens (tertiary/aromatic N) is 2. The van der Waals surface area contributed by atoms with Gasteiger partial charge in [-0.3, -0.25) is 19.3 Å². The van der Waals surface area contributed by atoms with Crippen LogP contribution in [0.1, 0.15) is 19.8 Å². The fraction of sp³-hybridized carbons (Fsp3) is 0.533. The zero-order valence-electron chi connectivity index (χ0n) is 12.3. The Morgan fingerprint density at radius 1 is 1.24 bits per heavy atom. The average molecular weight is 292 g/mol. The van der Waals surface area contributed by atoms with Crippen molar-refractivity contribution in [2.24, 2.45) is 0 Å². The van der Waals surface area contributed by atoms with E-state index in [2.05, 4.69) is 6.58 Å². The van der Waals surface area contributed by atoms with Crippen LogP contribution in [0.15, 0.2) is 23.8 Å². The van der Waals surface area contributed by atoms with Gasteiger partial charge in [-0.15, -0.1) is 0 Å². The van der Waals surface area contributed by atoms with Gasteiger partial charge < -0.3 is 9.64 Å². The smallest absolute Gasteiger partial charge is 0.261 e. The molecule has 0 spiro atoms. The number of morpholine rings is 1. The van der Waals surface area contributed by atoms with Crippen molar-refractivity contribution in [2.45, 2.75) is 19.8 Å². The second-order valence-electron chi connectivity index (χ2n) is 5.04. The summed E-state index contributed by atoms with van der Waals surface area (Å²) in [6, 6.07) is 0. The lowest BCUT2D eigenvalue weighted by molar-refractivity contribution is -0.145. The molecule has 0 aromatic carbocycles. The number of carbonyl (C=O) groups excluding carboxylic acids is 3. The quantitative estimate of drug-likeness (QED) is 0.669. The number of hydrogen-bond donors (Lipinski definition) is 0. The van der Waals surface area contributed by atoms with Crippen LogP contribution in [-0.2, 0) is 19.1 Å². The third-order valence-electron chi connectivity index (χ3n) is 3.69. The minimum Gasteiger partial charge on any atom is -0.370 e. The Hall–Kier alpha value is -1.95. The van der Waals surface area contributed by atoms with Crippen LogP contribution < -0.4 is 0 Å². The summed E-state index contributed by atoms with van der Waals surface area (Å²) < 4.78 is 5.05. The van der Waals surface area contributed by atoms with E-state index >= 15 is 0 Å². The lowest BCUT2D eigenvalue weighted by Crippen LogP contribution is -2.46. The molecule has 0 aromatic rings. The van der Waals surface area contributed by atoms with E-state index in [1.165, 1.54) is 11.0 Å². The second kappa shape index (κ2) is 6.67. The first-order chi connectivity index (χ1) is 10.1. The van der Waals surface area contributed by atoms with Crippen LogP contribution >= 0.6 is 0 Å². The van der Waals surface area contributed by atoms with E-state index in [4.69, 9.17) is 4.74 Å². The highest BCUT2D eigenvalue weighted by Gasteiger charge is 2.36. The summed E-state index contributed by atoms with van der Waals surface area (Å²) in [5.41, 5.74) is 0.931. The molecule has 0 N–H and O–H groups in total. The molecule has 2 heterocycles. The summed E-state index contributed by atoms with van der Waals surface area (Å²) in [6.07, 6.45) is 2.81. The molecule has 6 nitrogen and oxygen atoms in total. The van der Waals surface area contributed by atoms with Crippen molar-refractivity contribution in [1.82, 2.24) is 9.80 Å². The Balaban J connectivity index is 2.02. The van der Waals surface area contributed by atoms with E-state index in [0.29, 0.717) is 37.3 Å². The first kappa shape index (κ1) is 15.4. The minimum absolute atomic E-state index is 0.0686. The van der Waals surface area contributed by atoms with Gasteiger partial charge in [-0.1, -0.05) is 26.0 Å². The number of rotatable bonds is 6. The molecule has 0 bridgehead atoms. The summed E-state index contributed by atoms with van der Waals surface area (Å²) in [5.74, 6) is -0.664. The maximum Gasteiger partial charge on any atom is 0.261 e. The Labute approximate surface area is 124 Å². The van der Waals surface area contributed by atoms with E-state index < -0.39 is 0 Å².